The van der Waals surface area contributed by atoms with Gasteiger partial charge in [0.25, 0.3) is 0 Å². The molecule has 2 aliphatic heterocycles. The van der Waals surface area contributed by atoms with Crippen molar-refractivity contribution in [1.82, 2.24) is 31.5 Å². The Balaban J connectivity index is 2.32. The highest BCUT2D eigenvalue weighted by Crippen LogP contribution is 2.24. The van der Waals surface area contributed by atoms with Gasteiger partial charge in [0.05, 0.1) is 12.6 Å². The van der Waals surface area contributed by atoms with E-state index in [9.17, 15) is 33.6 Å². The molecule has 0 unspecified atom stereocenters. The lowest BCUT2D eigenvalue weighted by Gasteiger charge is -2.32. The number of carbonyl (C=O) groups is 7. The summed E-state index contributed by atoms with van der Waals surface area (Å²) in [7, 11) is 0. The molecule has 0 aromatic rings. The third-order valence-corrected chi connectivity index (χ3v) is 8.19. The number of hydrogen-bond donors (Lipinski definition) is 7. The van der Waals surface area contributed by atoms with Crippen molar-refractivity contribution < 1.29 is 38.7 Å². The van der Waals surface area contributed by atoms with E-state index in [1.807, 2.05) is 0 Å². The number of fused-ring (bicyclic) bond motifs is 1. The van der Waals surface area contributed by atoms with E-state index in [0.29, 0.717) is 19.4 Å². The molecule has 16 heteroatoms. The highest BCUT2D eigenvalue weighted by molar-refractivity contribution is 8.00. The maximum atomic E-state index is 13.6. The molecule has 0 bridgehead atoms. The second-order valence-corrected chi connectivity index (χ2v) is 12.0. The minimum atomic E-state index is -1.25. The summed E-state index contributed by atoms with van der Waals surface area (Å²) in [6.07, 6.45) is 0.961. The van der Waals surface area contributed by atoms with Gasteiger partial charge in [0.15, 0.2) is 0 Å². The second-order valence-electron chi connectivity index (χ2n) is 10.6. The Hall–Kier alpha value is -3.40. The molecule has 0 aromatic carbocycles. The zero-order chi connectivity index (χ0) is 31.0. The van der Waals surface area contributed by atoms with Crippen LogP contribution >= 0.6 is 11.8 Å². The summed E-state index contributed by atoms with van der Waals surface area (Å²) in [5.74, 6) is -5.39. The van der Waals surface area contributed by atoms with E-state index in [0.717, 1.165) is 11.8 Å². The molecule has 2 saturated heterocycles. The molecule has 230 valence electrons. The number of aliphatic carboxylic acids is 1. The Morgan fingerprint density at radius 1 is 1.07 bits per heavy atom. The fourth-order valence-corrected chi connectivity index (χ4v) is 5.47. The topological polar surface area (TPSA) is 229 Å². The molecule has 2 rings (SSSR count). The summed E-state index contributed by atoms with van der Waals surface area (Å²) >= 11 is 1.13. The normalized spacial score (nSPS) is 26.1. The number of rotatable bonds is 8. The standard InChI is InChI=1S/C25H41N7O8S/c1-11(2)18(23(37)28-13(4)25(39)40)30-21(35)15-10-41-14(5)19(31-20(34)12(3)26)24(38)32-8-6-7-16(32)22(36)27-9-17(33)29-15/h11-16,18-19H,6-10,26H2,1-5H3,(H,27,36)(H,28,37)(H,29,33)(H,30,35)(H,31,34)(H,39,40)/t12-,13-,14+,15-,16-,18-,19+/m0/s1. The van der Waals surface area contributed by atoms with Crippen LogP contribution in [-0.4, -0.2) is 112 Å². The van der Waals surface area contributed by atoms with Crippen molar-refractivity contribution in [1.29, 1.82) is 0 Å². The van der Waals surface area contributed by atoms with Crippen LogP contribution < -0.4 is 32.3 Å². The lowest BCUT2D eigenvalue weighted by atomic mass is 10.0. The van der Waals surface area contributed by atoms with Crippen molar-refractivity contribution >= 4 is 53.2 Å². The van der Waals surface area contributed by atoms with E-state index < -0.39 is 95.4 Å². The van der Waals surface area contributed by atoms with Crippen LogP contribution in [0.15, 0.2) is 0 Å². The van der Waals surface area contributed by atoms with E-state index in [1.54, 1.807) is 20.8 Å². The van der Waals surface area contributed by atoms with Gasteiger partial charge in [0.1, 0.15) is 30.2 Å². The Kier molecular flexibility index (Phi) is 12.4. The first-order valence-electron chi connectivity index (χ1n) is 13.5. The molecule has 15 nitrogen and oxygen atoms in total. The number of thioether (sulfide) groups is 1. The number of carboxylic acid groups (broad SMARTS) is 1. The van der Waals surface area contributed by atoms with Crippen molar-refractivity contribution in [2.24, 2.45) is 11.7 Å². The van der Waals surface area contributed by atoms with Crippen LogP contribution in [-0.2, 0) is 33.6 Å². The molecular formula is C25H41N7O8S. The van der Waals surface area contributed by atoms with Gasteiger partial charge in [-0.3, -0.25) is 33.6 Å². The van der Waals surface area contributed by atoms with E-state index in [2.05, 4.69) is 26.6 Å². The quantitative estimate of drug-likeness (QED) is 0.152. The second kappa shape index (κ2) is 15.0. The molecule has 2 heterocycles. The van der Waals surface area contributed by atoms with Gasteiger partial charge in [-0.1, -0.05) is 20.8 Å². The summed E-state index contributed by atoms with van der Waals surface area (Å²) in [5.41, 5.74) is 5.71. The smallest absolute Gasteiger partial charge is 0.325 e. The van der Waals surface area contributed by atoms with Gasteiger partial charge in [-0.05, 0) is 32.6 Å². The first kappa shape index (κ1) is 33.8. The molecule has 0 radical (unpaired) electrons. The van der Waals surface area contributed by atoms with Gasteiger partial charge in [0.2, 0.25) is 35.4 Å². The Bertz CT molecular complexity index is 1040. The van der Waals surface area contributed by atoms with Gasteiger partial charge in [-0.25, -0.2) is 0 Å². The molecule has 8 N–H and O–H groups in total. The van der Waals surface area contributed by atoms with Crippen molar-refractivity contribution in [3.05, 3.63) is 0 Å². The van der Waals surface area contributed by atoms with Crippen LogP contribution in [0.3, 0.4) is 0 Å². The molecule has 7 atom stereocenters. The lowest BCUT2D eigenvalue weighted by molar-refractivity contribution is -0.142. The first-order valence-corrected chi connectivity index (χ1v) is 14.6. The minimum absolute atomic E-state index is 0.0497. The van der Waals surface area contributed by atoms with E-state index in [4.69, 9.17) is 10.8 Å². The predicted molar refractivity (Wildman–Crippen MR) is 149 cm³/mol. The minimum Gasteiger partial charge on any atom is -0.480 e. The Morgan fingerprint density at radius 2 is 1.73 bits per heavy atom. The van der Waals surface area contributed by atoms with Crippen molar-refractivity contribution in [3.8, 4) is 0 Å². The molecule has 0 aromatic heterocycles. The van der Waals surface area contributed by atoms with Gasteiger partial charge in [0, 0.05) is 17.5 Å². The Morgan fingerprint density at radius 3 is 2.32 bits per heavy atom. The van der Waals surface area contributed by atoms with Gasteiger partial charge in [-0.2, -0.15) is 11.8 Å². The third-order valence-electron chi connectivity index (χ3n) is 6.86. The molecule has 6 amide bonds. The summed E-state index contributed by atoms with van der Waals surface area (Å²) in [4.78, 5) is 90.3. The number of nitrogens with two attached hydrogens (primary N) is 1. The lowest BCUT2D eigenvalue weighted by Crippen LogP contribution is -2.58. The van der Waals surface area contributed by atoms with Crippen LogP contribution in [0.5, 0.6) is 0 Å². The van der Waals surface area contributed by atoms with Gasteiger partial charge in [-0.15, -0.1) is 0 Å². The number of carbonyl (C=O) groups excluding carboxylic acids is 6. The van der Waals surface area contributed by atoms with Crippen LogP contribution in [0.2, 0.25) is 0 Å². The Labute approximate surface area is 242 Å². The molecule has 0 spiro atoms. The zero-order valence-electron chi connectivity index (χ0n) is 23.9. The number of carboxylic acids is 1. The maximum Gasteiger partial charge on any atom is 0.325 e. The van der Waals surface area contributed by atoms with Crippen LogP contribution in [0, 0.1) is 5.92 Å². The third kappa shape index (κ3) is 9.31. The average molecular weight is 600 g/mol. The fraction of sp³-hybridized carbons (Fsp3) is 0.720. The van der Waals surface area contributed by atoms with Crippen LogP contribution in [0.4, 0.5) is 0 Å². The van der Waals surface area contributed by atoms with E-state index >= 15 is 0 Å². The predicted octanol–water partition coefficient (Wildman–Crippen LogP) is -2.72. The van der Waals surface area contributed by atoms with Crippen LogP contribution in [0.25, 0.3) is 0 Å². The number of hydrogen-bond acceptors (Lipinski definition) is 9. The summed E-state index contributed by atoms with van der Waals surface area (Å²) < 4.78 is 0. The molecular weight excluding hydrogens is 558 g/mol. The van der Waals surface area contributed by atoms with Crippen LogP contribution in [0.1, 0.15) is 47.5 Å². The van der Waals surface area contributed by atoms with Gasteiger partial charge < -0.3 is 42.3 Å². The molecule has 2 aliphatic rings. The molecule has 2 fully saturated rings. The van der Waals surface area contributed by atoms with Crippen molar-refractivity contribution in [2.75, 3.05) is 18.8 Å². The highest BCUT2D eigenvalue weighted by atomic mass is 32.2. The average Bonchev–Trinajstić information content (AvgIpc) is 3.39. The van der Waals surface area contributed by atoms with E-state index in [1.165, 1.54) is 18.7 Å². The number of nitrogens with zero attached hydrogens (tertiary/aromatic N) is 1. The van der Waals surface area contributed by atoms with Crippen molar-refractivity contribution in [2.45, 2.75) is 89.0 Å². The largest absolute Gasteiger partial charge is 0.480 e. The summed E-state index contributed by atoms with van der Waals surface area (Å²) in [5, 5.41) is 21.1. The zero-order valence-corrected chi connectivity index (χ0v) is 24.7. The van der Waals surface area contributed by atoms with Gasteiger partial charge >= 0.3 is 5.97 Å². The monoisotopic (exact) mass is 599 g/mol. The first-order chi connectivity index (χ1) is 19.1. The number of amides is 6. The summed E-state index contributed by atoms with van der Waals surface area (Å²) in [6.45, 7) is 7.61. The molecule has 41 heavy (non-hydrogen) atoms. The maximum absolute atomic E-state index is 13.6. The van der Waals surface area contributed by atoms with E-state index in [-0.39, 0.29) is 5.75 Å². The highest BCUT2D eigenvalue weighted by Gasteiger charge is 2.41. The molecule has 0 saturated carbocycles. The summed E-state index contributed by atoms with van der Waals surface area (Å²) in [6, 6.07) is -6.29. The fourth-order valence-electron chi connectivity index (χ4n) is 4.36. The molecule has 0 aliphatic carbocycles. The number of nitrogens with one attached hydrogen (secondary N) is 5. The SMILES string of the molecule is CC(C)[C@H](NC(=O)[C@@H]1CS[C@H](C)[C@@H](NC(=O)[C@H](C)N)C(=O)N2CCC[C@H]2C(=O)NCC(=O)N1)C(=O)N[C@@H](C)C(=O)O. The van der Waals surface area contributed by atoms with Crippen molar-refractivity contribution in [3.63, 3.8) is 0 Å².